The van der Waals surface area contributed by atoms with E-state index in [1.54, 1.807) is 11.3 Å². The number of hydrogen-bond acceptors (Lipinski definition) is 4. The molecule has 0 aliphatic heterocycles. The molecule has 1 aromatic carbocycles. The number of hydrogen-bond donors (Lipinski definition) is 1. The van der Waals surface area contributed by atoms with Crippen LogP contribution in [-0.2, 0) is 0 Å². The molecule has 0 saturated heterocycles. The average molecular weight is 316 g/mol. The SMILES string of the molecule is CCC(NC(C)c1sc2ccccc2c1C)c1nccs1. The molecule has 2 aromatic heterocycles. The van der Waals surface area contributed by atoms with Crippen molar-refractivity contribution >= 4 is 32.8 Å². The van der Waals surface area contributed by atoms with Gasteiger partial charge in [0.1, 0.15) is 5.01 Å². The van der Waals surface area contributed by atoms with E-state index in [1.807, 2.05) is 17.5 Å². The number of nitrogens with one attached hydrogen (secondary N) is 1. The number of rotatable bonds is 5. The molecule has 21 heavy (non-hydrogen) atoms. The quantitative estimate of drug-likeness (QED) is 0.675. The third-order valence-electron chi connectivity index (χ3n) is 3.88. The molecule has 0 radical (unpaired) electrons. The fraction of sp³-hybridized carbons (Fsp3) is 0.353. The molecule has 0 fully saturated rings. The molecule has 0 aliphatic rings. The van der Waals surface area contributed by atoms with Gasteiger partial charge in [-0.25, -0.2) is 4.98 Å². The van der Waals surface area contributed by atoms with Gasteiger partial charge in [0.25, 0.3) is 0 Å². The number of thiophene rings is 1. The van der Waals surface area contributed by atoms with Gasteiger partial charge >= 0.3 is 0 Å². The molecule has 0 bridgehead atoms. The van der Waals surface area contributed by atoms with Gasteiger partial charge in [0.05, 0.1) is 6.04 Å². The lowest BCUT2D eigenvalue weighted by atomic mass is 10.1. The van der Waals surface area contributed by atoms with Crippen molar-refractivity contribution in [2.45, 2.75) is 39.3 Å². The molecule has 2 atom stereocenters. The van der Waals surface area contributed by atoms with Crippen LogP contribution < -0.4 is 5.32 Å². The molecule has 110 valence electrons. The van der Waals surface area contributed by atoms with Gasteiger partial charge in [-0.1, -0.05) is 25.1 Å². The number of aromatic nitrogens is 1. The van der Waals surface area contributed by atoms with Crippen LogP contribution in [0.4, 0.5) is 0 Å². The van der Waals surface area contributed by atoms with Crippen molar-refractivity contribution in [2.75, 3.05) is 0 Å². The smallest absolute Gasteiger partial charge is 0.109 e. The third kappa shape index (κ3) is 2.89. The van der Waals surface area contributed by atoms with Crippen molar-refractivity contribution in [3.63, 3.8) is 0 Å². The Morgan fingerprint density at radius 1 is 1.29 bits per heavy atom. The van der Waals surface area contributed by atoms with Crippen LogP contribution in [0.3, 0.4) is 0 Å². The lowest BCUT2D eigenvalue weighted by Gasteiger charge is -2.20. The maximum atomic E-state index is 4.46. The Labute approximate surface area is 133 Å². The predicted molar refractivity (Wildman–Crippen MR) is 93.3 cm³/mol. The van der Waals surface area contributed by atoms with Gasteiger partial charge in [0.15, 0.2) is 0 Å². The molecule has 0 saturated carbocycles. The average Bonchev–Trinajstić information content (AvgIpc) is 3.13. The van der Waals surface area contributed by atoms with E-state index in [2.05, 4.69) is 60.7 Å². The van der Waals surface area contributed by atoms with Gasteiger partial charge in [-0.15, -0.1) is 22.7 Å². The van der Waals surface area contributed by atoms with Crippen LogP contribution in [-0.4, -0.2) is 4.98 Å². The zero-order chi connectivity index (χ0) is 14.8. The summed E-state index contributed by atoms with van der Waals surface area (Å²) in [7, 11) is 0. The molecule has 3 aromatic rings. The van der Waals surface area contributed by atoms with Gasteiger partial charge in [0, 0.05) is 27.2 Å². The summed E-state index contributed by atoms with van der Waals surface area (Å²) in [4.78, 5) is 5.90. The Morgan fingerprint density at radius 2 is 2.10 bits per heavy atom. The fourth-order valence-electron chi connectivity index (χ4n) is 2.75. The van der Waals surface area contributed by atoms with Crippen LogP contribution in [0.5, 0.6) is 0 Å². The monoisotopic (exact) mass is 316 g/mol. The minimum absolute atomic E-state index is 0.338. The molecule has 2 unspecified atom stereocenters. The fourth-order valence-corrected chi connectivity index (χ4v) is 4.76. The Hall–Kier alpha value is -1.23. The second-order valence-corrected chi connectivity index (χ2v) is 7.32. The minimum Gasteiger partial charge on any atom is -0.300 e. The second-order valence-electron chi connectivity index (χ2n) is 5.31. The molecule has 1 N–H and O–H groups in total. The zero-order valence-corrected chi connectivity index (χ0v) is 14.2. The van der Waals surface area contributed by atoms with Crippen LogP contribution in [0.25, 0.3) is 10.1 Å². The van der Waals surface area contributed by atoms with Crippen LogP contribution in [0.1, 0.15) is 47.8 Å². The van der Waals surface area contributed by atoms with Gasteiger partial charge in [-0.05, 0) is 37.3 Å². The lowest BCUT2D eigenvalue weighted by molar-refractivity contribution is 0.458. The van der Waals surface area contributed by atoms with Crippen molar-refractivity contribution in [3.05, 3.63) is 51.3 Å². The van der Waals surface area contributed by atoms with Crippen molar-refractivity contribution in [3.8, 4) is 0 Å². The van der Waals surface area contributed by atoms with E-state index in [4.69, 9.17) is 0 Å². The molecule has 4 heteroatoms. The lowest BCUT2D eigenvalue weighted by Crippen LogP contribution is -2.24. The van der Waals surface area contributed by atoms with Crippen LogP contribution in [0.2, 0.25) is 0 Å². The van der Waals surface area contributed by atoms with E-state index < -0.39 is 0 Å². The molecular weight excluding hydrogens is 296 g/mol. The highest BCUT2D eigenvalue weighted by Crippen LogP contribution is 2.35. The van der Waals surface area contributed by atoms with Crippen molar-refractivity contribution in [1.29, 1.82) is 0 Å². The molecular formula is C17H20N2S2. The topological polar surface area (TPSA) is 24.9 Å². The third-order valence-corrected chi connectivity index (χ3v) is 6.23. The predicted octanol–water partition coefficient (Wildman–Crippen LogP) is 5.47. The second kappa shape index (κ2) is 6.26. The first-order valence-electron chi connectivity index (χ1n) is 7.34. The van der Waals surface area contributed by atoms with E-state index in [-0.39, 0.29) is 0 Å². The summed E-state index contributed by atoms with van der Waals surface area (Å²) in [5, 5.41) is 8.36. The highest BCUT2D eigenvalue weighted by molar-refractivity contribution is 7.19. The van der Waals surface area contributed by atoms with Crippen LogP contribution in [0, 0.1) is 6.92 Å². The Kier molecular flexibility index (Phi) is 4.38. The van der Waals surface area contributed by atoms with E-state index in [1.165, 1.54) is 25.5 Å². The highest BCUT2D eigenvalue weighted by atomic mass is 32.1. The first-order valence-corrected chi connectivity index (χ1v) is 9.03. The van der Waals surface area contributed by atoms with Gasteiger partial charge in [-0.2, -0.15) is 0 Å². The Morgan fingerprint density at radius 3 is 2.76 bits per heavy atom. The molecule has 3 rings (SSSR count). The van der Waals surface area contributed by atoms with E-state index in [0.29, 0.717) is 12.1 Å². The number of thiazole rings is 1. The molecule has 0 spiro atoms. The normalized spacial score (nSPS) is 14.4. The summed E-state index contributed by atoms with van der Waals surface area (Å²) < 4.78 is 1.38. The van der Waals surface area contributed by atoms with E-state index >= 15 is 0 Å². The maximum Gasteiger partial charge on any atom is 0.109 e. The van der Waals surface area contributed by atoms with Gasteiger partial charge < -0.3 is 5.32 Å². The summed E-state index contributed by atoms with van der Waals surface area (Å²) in [5.41, 5.74) is 1.41. The first kappa shape index (κ1) is 14.7. The van der Waals surface area contributed by atoms with E-state index in [9.17, 15) is 0 Å². The van der Waals surface area contributed by atoms with Crippen molar-refractivity contribution in [1.82, 2.24) is 10.3 Å². The summed E-state index contributed by atoms with van der Waals surface area (Å²) in [6, 6.07) is 9.34. The maximum absolute atomic E-state index is 4.46. The van der Waals surface area contributed by atoms with E-state index in [0.717, 1.165) is 6.42 Å². The van der Waals surface area contributed by atoms with Crippen molar-refractivity contribution < 1.29 is 0 Å². The summed E-state index contributed by atoms with van der Waals surface area (Å²) in [5.74, 6) is 0. The molecule has 2 heterocycles. The largest absolute Gasteiger partial charge is 0.300 e. The van der Waals surface area contributed by atoms with Crippen LogP contribution in [0.15, 0.2) is 35.8 Å². The molecule has 0 amide bonds. The summed E-state index contributed by atoms with van der Waals surface area (Å²) in [6.07, 6.45) is 2.95. The summed E-state index contributed by atoms with van der Waals surface area (Å²) >= 11 is 3.63. The van der Waals surface area contributed by atoms with Crippen molar-refractivity contribution in [2.24, 2.45) is 0 Å². The Bertz CT molecular complexity index is 716. The van der Waals surface area contributed by atoms with Crippen LogP contribution >= 0.6 is 22.7 Å². The summed E-state index contributed by atoms with van der Waals surface area (Å²) in [6.45, 7) is 6.70. The standard InChI is InChI=1S/C17H20N2S2/c1-4-14(17-18-9-10-20-17)19-12(3)16-11(2)13-7-5-6-8-15(13)21-16/h5-10,12,14,19H,4H2,1-3H3. The number of nitrogens with zero attached hydrogens (tertiary/aromatic N) is 1. The van der Waals surface area contributed by atoms with Gasteiger partial charge in [-0.3, -0.25) is 0 Å². The molecule has 2 nitrogen and oxygen atoms in total. The molecule has 0 aliphatic carbocycles. The minimum atomic E-state index is 0.338. The number of aryl methyl sites for hydroxylation is 1. The first-order chi connectivity index (χ1) is 10.2. The zero-order valence-electron chi connectivity index (χ0n) is 12.6. The highest BCUT2D eigenvalue weighted by Gasteiger charge is 2.19. The number of benzene rings is 1. The van der Waals surface area contributed by atoms with Gasteiger partial charge in [0.2, 0.25) is 0 Å². The number of fused-ring (bicyclic) bond motifs is 1. The Balaban J connectivity index is 1.86.